The van der Waals surface area contributed by atoms with E-state index in [1.54, 1.807) is 6.07 Å². The Morgan fingerprint density at radius 1 is 1.04 bits per heavy atom. The average Bonchev–Trinajstić information content (AvgIpc) is 2.52. The molecule has 128 valence electrons. The van der Waals surface area contributed by atoms with Gasteiger partial charge in [0, 0.05) is 11.8 Å². The van der Waals surface area contributed by atoms with Gasteiger partial charge in [-0.05, 0) is 60.7 Å². The fourth-order valence-electron chi connectivity index (χ4n) is 2.63. The molecule has 5 heteroatoms. The zero-order valence-electron chi connectivity index (χ0n) is 14.2. The number of carbonyl (C=O) groups excluding carboxylic acids is 1. The van der Waals surface area contributed by atoms with Crippen LogP contribution in [0.5, 0.6) is 5.75 Å². The normalized spacial score (nSPS) is 11.3. The molecule has 0 unspecified atom stereocenters. The Balaban J connectivity index is 2.17. The molecule has 0 radical (unpaired) electrons. The third kappa shape index (κ3) is 4.93. The maximum absolute atomic E-state index is 11.1. The van der Waals surface area contributed by atoms with E-state index in [0.717, 1.165) is 34.3 Å². The molecule has 0 atom stereocenters. The average molecular weight is 346 g/mol. The number of hydrogen-bond donors (Lipinski definition) is 0. The van der Waals surface area contributed by atoms with E-state index in [2.05, 4.69) is 0 Å². The minimum absolute atomic E-state index is 0.127. The molecule has 0 saturated heterocycles. The minimum atomic E-state index is -2.96. The number of aldehydes is 1. The quantitative estimate of drug-likeness (QED) is 0.568. The number of sulfone groups is 1. The van der Waals surface area contributed by atoms with Crippen molar-refractivity contribution in [3.63, 3.8) is 0 Å². The predicted octanol–water partition coefficient (Wildman–Crippen LogP) is 3.60. The summed E-state index contributed by atoms with van der Waals surface area (Å²) >= 11 is 0. The molecular formula is C19H22O4S. The lowest BCUT2D eigenvalue weighted by atomic mass is 9.98. The predicted molar refractivity (Wildman–Crippen MR) is 96.6 cm³/mol. The van der Waals surface area contributed by atoms with Gasteiger partial charge < -0.3 is 4.74 Å². The largest absolute Gasteiger partial charge is 0.493 e. The summed E-state index contributed by atoms with van der Waals surface area (Å²) in [7, 11) is -2.96. The summed E-state index contributed by atoms with van der Waals surface area (Å²) in [5.74, 6) is 0.917. The summed E-state index contributed by atoms with van der Waals surface area (Å²) in [6.45, 7) is 4.30. The van der Waals surface area contributed by atoms with Crippen LogP contribution in [0.4, 0.5) is 0 Å². The molecule has 24 heavy (non-hydrogen) atoms. The molecule has 2 rings (SSSR count). The van der Waals surface area contributed by atoms with Crippen molar-refractivity contribution in [1.82, 2.24) is 0 Å². The first-order valence-corrected chi connectivity index (χ1v) is 9.83. The molecule has 0 aliphatic rings. The van der Waals surface area contributed by atoms with Gasteiger partial charge in [0.05, 0.1) is 12.4 Å². The van der Waals surface area contributed by atoms with Gasteiger partial charge in [-0.15, -0.1) is 0 Å². The lowest BCUT2D eigenvalue weighted by Gasteiger charge is -2.14. The maximum atomic E-state index is 11.1. The van der Waals surface area contributed by atoms with Crippen LogP contribution < -0.4 is 4.74 Å². The fraction of sp³-hybridized carbons (Fsp3) is 0.316. The lowest BCUT2D eigenvalue weighted by Crippen LogP contribution is -2.09. The third-order valence-electron chi connectivity index (χ3n) is 3.72. The van der Waals surface area contributed by atoms with Crippen molar-refractivity contribution in [2.45, 2.75) is 20.3 Å². The van der Waals surface area contributed by atoms with Gasteiger partial charge in [-0.2, -0.15) is 0 Å². The van der Waals surface area contributed by atoms with Gasteiger partial charge in [0.2, 0.25) is 0 Å². The van der Waals surface area contributed by atoms with Gasteiger partial charge in [-0.25, -0.2) is 8.42 Å². The van der Waals surface area contributed by atoms with Crippen molar-refractivity contribution < 1.29 is 17.9 Å². The van der Waals surface area contributed by atoms with Gasteiger partial charge in [0.1, 0.15) is 21.9 Å². The second-order valence-corrected chi connectivity index (χ2v) is 8.27. The molecule has 0 fully saturated rings. The second kappa shape index (κ2) is 7.62. The lowest BCUT2D eigenvalue weighted by molar-refractivity contribution is 0.112. The Kier molecular flexibility index (Phi) is 5.78. The molecule has 0 aliphatic heterocycles. The zero-order valence-corrected chi connectivity index (χ0v) is 15.0. The van der Waals surface area contributed by atoms with Crippen molar-refractivity contribution in [3.05, 3.63) is 53.1 Å². The summed E-state index contributed by atoms with van der Waals surface area (Å²) in [5, 5.41) is 0. The van der Waals surface area contributed by atoms with Crippen LogP contribution in [-0.4, -0.2) is 33.3 Å². The Bertz CT molecular complexity index is 815. The number of benzene rings is 2. The van der Waals surface area contributed by atoms with Crippen LogP contribution in [0.1, 0.15) is 27.9 Å². The van der Waals surface area contributed by atoms with Crippen molar-refractivity contribution in [3.8, 4) is 16.9 Å². The molecule has 2 aromatic carbocycles. The first kappa shape index (κ1) is 18.2. The summed E-state index contributed by atoms with van der Waals surface area (Å²) in [6, 6.07) is 11.5. The number of ether oxygens (including phenoxy) is 1. The Morgan fingerprint density at radius 2 is 1.71 bits per heavy atom. The zero-order chi connectivity index (χ0) is 17.7. The van der Waals surface area contributed by atoms with Gasteiger partial charge in [0.25, 0.3) is 0 Å². The van der Waals surface area contributed by atoms with Crippen LogP contribution in [-0.2, 0) is 9.84 Å². The van der Waals surface area contributed by atoms with Crippen LogP contribution in [0, 0.1) is 13.8 Å². The second-order valence-electron chi connectivity index (χ2n) is 6.01. The molecule has 0 saturated carbocycles. The van der Waals surface area contributed by atoms with E-state index in [4.69, 9.17) is 4.74 Å². The molecule has 2 aromatic rings. The van der Waals surface area contributed by atoms with Crippen LogP contribution >= 0.6 is 0 Å². The smallest absolute Gasteiger partial charge is 0.150 e. The van der Waals surface area contributed by atoms with Crippen LogP contribution in [0.15, 0.2) is 36.4 Å². The van der Waals surface area contributed by atoms with E-state index in [0.29, 0.717) is 18.6 Å². The SMILES string of the molecule is Cc1cc(-c2cccc(C=O)c2)cc(C)c1OCCCS(C)(=O)=O. The van der Waals surface area contributed by atoms with E-state index in [9.17, 15) is 13.2 Å². The standard InChI is InChI=1S/C19H22O4S/c1-14-10-18(17-7-4-6-16(12-17)13-20)11-15(2)19(14)23-8-5-9-24(3,21)22/h4,6-7,10-13H,5,8-9H2,1-3H3. The van der Waals surface area contributed by atoms with E-state index in [-0.39, 0.29) is 5.75 Å². The highest BCUT2D eigenvalue weighted by molar-refractivity contribution is 7.90. The Morgan fingerprint density at radius 3 is 2.29 bits per heavy atom. The van der Waals surface area contributed by atoms with Crippen molar-refractivity contribution >= 4 is 16.1 Å². The van der Waals surface area contributed by atoms with Crippen molar-refractivity contribution in [2.75, 3.05) is 18.6 Å². The van der Waals surface area contributed by atoms with Crippen LogP contribution in [0.25, 0.3) is 11.1 Å². The first-order chi connectivity index (χ1) is 11.3. The van der Waals surface area contributed by atoms with Gasteiger partial charge in [-0.1, -0.05) is 18.2 Å². The van der Waals surface area contributed by atoms with E-state index < -0.39 is 9.84 Å². The van der Waals surface area contributed by atoms with Gasteiger partial charge in [-0.3, -0.25) is 4.79 Å². The minimum Gasteiger partial charge on any atom is -0.493 e. The topological polar surface area (TPSA) is 60.4 Å². The molecule has 0 N–H and O–H groups in total. The van der Waals surface area contributed by atoms with Crippen LogP contribution in [0.2, 0.25) is 0 Å². The molecule has 0 bridgehead atoms. The molecule has 0 aliphatic carbocycles. The third-order valence-corrected chi connectivity index (χ3v) is 4.75. The summed E-state index contributed by atoms with van der Waals surface area (Å²) in [5.41, 5.74) is 4.62. The highest BCUT2D eigenvalue weighted by Crippen LogP contribution is 2.30. The molecule has 0 aromatic heterocycles. The number of aryl methyl sites for hydroxylation is 2. The van der Waals surface area contributed by atoms with Gasteiger partial charge >= 0.3 is 0 Å². The van der Waals surface area contributed by atoms with Crippen LogP contribution in [0.3, 0.4) is 0 Å². The summed E-state index contributed by atoms with van der Waals surface area (Å²) < 4.78 is 28.1. The number of hydrogen-bond acceptors (Lipinski definition) is 4. The van der Waals surface area contributed by atoms with E-state index in [1.165, 1.54) is 6.26 Å². The fourth-order valence-corrected chi connectivity index (χ4v) is 3.27. The summed E-state index contributed by atoms with van der Waals surface area (Å²) in [6.07, 6.45) is 2.54. The van der Waals surface area contributed by atoms with Crippen molar-refractivity contribution in [2.24, 2.45) is 0 Å². The monoisotopic (exact) mass is 346 g/mol. The number of carbonyl (C=O) groups is 1. The molecule has 0 heterocycles. The Hall–Kier alpha value is -2.14. The molecule has 0 spiro atoms. The Labute approximate surface area is 143 Å². The molecule has 0 amide bonds. The highest BCUT2D eigenvalue weighted by atomic mass is 32.2. The van der Waals surface area contributed by atoms with Crippen molar-refractivity contribution in [1.29, 1.82) is 0 Å². The van der Waals surface area contributed by atoms with E-state index >= 15 is 0 Å². The molecule has 4 nitrogen and oxygen atoms in total. The highest BCUT2D eigenvalue weighted by Gasteiger charge is 2.09. The number of rotatable bonds is 7. The van der Waals surface area contributed by atoms with E-state index in [1.807, 2.05) is 44.2 Å². The maximum Gasteiger partial charge on any atom is 0.150 e. The molecular weight excluding hydrogens is 324 g/mol. The first-order valence-electron chi connectivity index (χ1n) is 7.77. The summed E-state index contributed by atoms with van der Waals surface area (Å²) in [4.78, 5) is 10.9. The van der Waals surface area contributed by atoms with Gasteiger partial charge in [0.15, 0.2) is 0 Å².